The number of hydrogen-bond donors (Lipinski definition) is 4. The van der Waals surface area contributed by atoms with E-state index in [1.165, 1.54) is 11.6 Å². The van der Waals surface area contributed by atoms with Crippen LogP contribution in [0.2, 0.25) is 0 Å². The molecular formula is C14H19N5O3. The van der Waals surface area contributed by atoms with Gasteiger partial charge in [0.2, 0.25) is 0 Å². The van der Waals surface area contributed by atoms with Gasteiger partial charge in [0.15, 0.2) is 0 Å². The molecule has 1 heterocycles. The van der Waals surface area contributed by atoms with Gasteiger partial charge >= 0.3 is 11.1 Å². The van der Waals surface area contributed by atoms with Gasteiger partial charge in [-0.05, 0) is 26.0 Å². The zero-order valence-corrected chi connectivity index (χ0v) is 12.7. The van der Waals surface area contributed by atoms with Crippen LogP contribution in [0.15, 0.2) is 26.7 Å². The van der Waals surface area contributed by atoms with E-state index >= 15 is 0 Å². The van der Waals surface area contributed by atoms with Crippen molar-refractivity contribution in [3.8, 4) is 0 Å². The normalized spacial score (nSPS) is 12.2. The number of benzene rings is 1. The van der Waals surface area contributed by atoms with Gasteiger partial charge in [-0.1, -0.05) is 0 Å². The molecule has 0 aliphatic carbocycles. The molecule has 0 aliphatic rings. The van der Waals surface area contributed by atoms with Crippen LogP contribution in [0.5, 0.6) is 0 Å². The maximum Gasteiger partial charge on any atom is 0.316 e. The lowest BCUT2D eigenvalue weighted by atomic mass is 10.1. The van der Waals surface area contributed by atoms with Crippen molar-refractivity contribution < 1.29 is 5.11 Å². The fraction of sp³-hybridized carbons (Fsp3) is 0.357. The SMILES string of the molecule is Cn1c(=O)c(=O)[nH]c2cc(N=CN)c(NCC(C)(C)O)cc21. The van der Waals surface area contributed by atoms with Crippen molar-refractivity contribution in [3.63, 3.8) is 0 Å². The lowest BCUT2D eigenvalue weighted by molar-refractivity contribution is 0.0945. The molecule has 2 rings (SSSR count). The molecule has 2 aromatic rings. The summed E-state index contributed by atoms with van der Waals surface area (Å²) in [5.74, 6) is 0. The molecule has 1 aromatic carbocycles. The van der Waals surface area contributed by atoms with Crippen LogP contribution in [0.25, 0.3) is 11.0 Å². The molecule has 8 nitrogen and oxygen atoms in total. The number of aromatic nitrogens is 2. The second kappa shape index (κ2) is 5.64. The number of anilines is 1. The van der Waals surface area contributed by atoms with Gasteiger partial charge in [0.25, 0.3) is 0 Å². The van der Waals surface area contributed by atoms with Crippen LogP contribution in [0.4, 0.5) is 11.4 Å². The van der Waals surface area contributed by atoms with Gasteiger partial charge in [-0.2, -0.15) is 0 Å². The van der Waals surface area contributed by atoms with Gasteiger partial charge in [0.1, 0.15) is 0 Å². The number of aromatic amines is 1. The third-order valence-corrected chi connectivity index (χ3v) is 3.15. The highest BCUT2D eigenvalue weighted by molar-refractivity contribution is 5.87. The van der Waals surface area contributed by atoms with Crippen LogP contribution in [-0.4, -0.2) is 33.1 Å². The molecule has 0 saturated carbocycles. The van der Waals surface area contributed by atoms with Crippen molar-refractivity contribution in [2.24, 2.45) is 17.8 Å². The molecule has 22 heavy (non-hydrogen) atoms. The van der Waals surface area contributed by atoms with E-state index in [0.717, 1.165) is 6.34 Å². The van der Waals surface area contributed by atoms with Crippen molar-refractivity contribution in [3.05, 3.63) is 32.8 Å². The highest BCUT2D eigenvalue weighted by Gasteiger charge is 2.14. The summed E-state index contributed by atoms with van der Waals surface area (Å²) in [5.41, 5.74) is 5.18. The Morgan fingerprint density at radius 2 is 2.14 bits per heavy atom. The average molecular weight is 305 g/mol. The number of aryl methyl sites for hydroxylation is 1. The summed E-state index contributed by atoms with van der Waals surface area (Å²) < 4.78 is 1.26. The van der Waals surface area contributed by atoms with Gasteiger partial charge < -0.3 is 25.7 Å². The van der Waals surface area contributed by atoms with Crippen LogP contribution >= 0.6 is 0 Å². The van der Waals surface area contributed by atoms with E-state index in [4.69, 9.17) is 5.73 Å². The summed E-state index contributed by atoms with van der Waals surface area (Å²) >= 11 is 0. The fourth-order valence-corrected chi connectivity index (χ4v) is 2.03. The number of nitrogens with two attached hydrogens (primary N) is 1. The maximum atomic E-state index is 11.7. The van der Waals surface area contributed by atoms with Crippen molar-refractivity contribution in [1.29, 1.82) is 0 Å². The van der Waals surface area contributed by atoms with Crippen molar-refractivity contribution >= 4 is 28.7 Å². The third kappa shape index (κ3) is 3.17. The molecule has 1 aromatic heterocycles. The predicted molar refractivity (Wildman–Crippen MR) is 86.9 cm³/mol. The number of nitrogens with zero attached hydrogens (tertiary/aromatic N) is 2. The van der Waals surface area contributed by atoms with Gasteiger partial charge in [-0.25, -0.2) is 4.99 Å². The highest BCUT2D eigenvalue weighted by Crippen LogP contribution is 2.29. The number of aliphatic hydroxyl groups is 1. The molecule has 5 N–H and O–H groups in total. The summed E-state index contributed by atoms with van der Waals surface area (Å²) in [4.78, 5) is 29.8. The minimum atomic E-state index is -0.921. The fourth-order valence-electron chi connectivity index (χ4n) is 2.03. The summed E-state index contributed by atoms with van der Waals surface area (Å²) in [6, 6.07) is 3.30. The molecule has 118 valence electrons. The van der Waals surface area contributed by atoms with E-state index in [1.54, 1.807) is 26.0 Å². The standard InChI is InChI=1S/C14H19N5O3/c1-14(2,22)6-16-9-5-11-10(4-8(9)17-7-15)18-12(20)13(21)19(11)3/h4-5,7,16,22H,6H2,1-3H3,(H2,15,17)(H,18,20). The van der Waals surface area contributed by atoms with Gasteiger partial charge in [0.05, 0.1) is 34.3 Å². The average Bonchev–Trinajstić information content (AvgIpc) is 2.42. The molecule has 0 amide bonds. The number of hydrogen-bond acceptors (Lipinski definition) is 5. The molecule has 0 aliphatic heterocycles. The summed E-state index contributed by atoms with van der Waals surface area (Å²) in [5, 5.41) is 12.9. The topological polar surface area (TPSA) is 126 Å². The first-order chi connectivity index (χ1) is 10.2. The molecule has 0 radical (unpaired) electrons. The van der Waals surface area contributed by atoms with E-state index < -0.39 is 16.7 Å². The van der Waals surface area contributed by atoms with Crippen LogP contribution in [0.3, 0.4) is 0 Å². The summed E-state index contributed by atoms with van der Waals surface area (Å²) in [6.07, 6.45) is 1.14. The van der Waals surface area contributed by atoms with Gasteiger partial charge in [-0.15, -0.1) is 0 Å². The molecule has 0 unspecified atom stereocenters. The Bertz CT molecular complexity index is 842. The number of rotatable bonds is 4. The second-order valence-corrected chi connectivity index (χ2v) is 5.65. The quantitative estimate of drug-likeness (QED) is 0.360. The molecule has 0 fully saturated rings. The minimum absolute atomic E-state index is 0.281. The first kappa shape index (κ1) is 15.8. The Morgan fingerprint density at radius 1 is 1.45 bits per heavy atom. The predicted octanol–water partition coefficient (Wildman–Crippen LogP) is 0.0281. The molecule has 0 bridgehead atoms. The van der Waals surface area contributed by atoms with Gasteiger partial charge in [0, 0.05) is 13.6 Å². The van der Waals surface area contributed by atoms with E-state index in [1.807, 2.05) is 0 Å². The number of fused-ring (bicyclic) bond motifs is 1. The van der Waals surface area contributed by atoms with Crippen LogP contribution < -0.4 is 22.2 Å². The Balaban J connectivity index is 2.65. The number of H-pyrrole nitrogens is 1. The molecule has 0 spiro atoms. The summed E-state index contributed by atoms with van der Waals surface area (Å²) in [6.45, 7) is 3.61. The number of nitrogens with one attached hydrogen (secondary N) is 2. The van der Waals surface area contributed by atoms with Crippen LogP contribution in [-0.2, 0) is 7.05 Å². The van der Waals surface area contributed by atoms with E-state index in [2.05, 4.69) is 15.3 Å². The smallest absolute Gasteiger partial charge is 0.316 e. The zero-order valence-electron chi connectivity index (χ0n) is 12.7. The van der Waals surface area contributed by atoms with E-state index in [0.29, 0.717) is 22.4 Å². The Morgan fingerprint density at radius 3 is 2.73 bits per heavy atom. The lowest BCUT2D eigenvalue weighted by Crippen LogP contribution is -2.34. The Labute approximate surface area is 126 Å². The largest absolute Gasteiger partial charge is 0.390 e. The minimum Gasteiger partial charge on any atom is -0.390 e. The van der Waals surface area contributed by atoms with Crippen molar-refractivity contribution in [2.45, 2.75) is 19.4 Å². The summed E-state index contributed by atoms with van der Waals surface area (Å²) in [7, 11) is 1.52. The monoisotopic (exact) mass is 305 g/mol. The van der Waals surface area contributed by atoms with Crippen LogP contribution in [0, 0.1) is 0 Å². The number of aliphatic imine (C=N–C) groups is 1. The molecule has 0 saturated heterocycles. The van der Waals surface area contributed by atoms with Crippen molar-refractivity contribution in [2.75, 3.05) is 11.9 Å². The Hall–Kier alpha value is -2.61. The maximum absolute atomic E-state index is 11.7. The van der Waals surface area contributed by atoms with Crippen LogP contribution in [0.1, 0.15) is 13.8 Å². The molecule has 0 atom stereocenters. The van der Waals surface area contributed by atoms with E-state index in [-0.39, 0.29) is 6.54 Å². The highest BCUT2D eigenvalue weighted by atomic mass is 16.3. The molecule has 8 heteroatoms. The van der Waals surface area contributed by atoms with E-state index in [9.17, 15) is 14.7 Å². The molecular weight excluding hydrogens is 286 g/mol. The van der Waals surface area contributed by atoms with Gasteiger partial charge in [-0.3, -0.25) is 9.59 Å². The first-order valence-electron chi connectivity index (χ1n) is 6.70. The third-order valence-electron chi connectivity index (χ3n) is 3.15. The van der Waals surface area contributed by atoms with Crippen molar-refractivity contribution in [1.82, 2.24) is 9.55 Å². The first-order valence-corrected chi connectivity index (χ1v) is 6.70. The second-order valence-electron chi connectivity index (χ2n) is 5.65. The Kier molecular flexibility index (Phi) is 4.05. The lowest BCUT2D eigenvalue weighted by Gasteiger charge is -2.20. The zero-order chi connectivity index (χ0) is 16.5.